The summed E-state index contributed by atoms with van der Waals surface area (Å²) in [5, 5.41) is 12.8. The molecule has 0 aromatic heterocycles. The second kappa shape index (κ2) is 9.06. The summed E-state index contributed by atoms with van der Waals surface area (Å²) in [6, 6.07) is 7.28. The number of nitrogens with zero attached hydrogens (tertiary/aromatic N) is 3. The summed E-state index contributed by atoms with van der Waals surface area (Å²) in [6.45, 7) is 10.8. The molecular formula is C19H30N4O2. The number of phenolic OH excluding ortho intramolecular Hbond substituents is 1. The number of phenols is 1. The predicted molar refractivity (Wildman–Crippen MR) is 99.9 cm³/mol. The molecule has 0 spiro atoms. The van der Waals surface area contributed by atoms with Crippen molar-refractivity contribution in [2.45, 2.75) is 19.9 Å². The van der Waals surface area contributed by atoms with Crippen LogP contribution in [0.25, 0.3) is 0 Å². The van der Waals surface area contributed by atoms with Crippen molar-refractivity contribution in [1.82, 2.24) is 15.1 Å². The van der Waals surface area contributed by atoms with Gasteiger partial charge in [-0.15, -0.1) is 0 Å². The molecule has 0 radical (unpaired) electrons. The van der Waals surface area contributed by atoms with Crippen LogP contribution in [0, 0.1) is 5.92 Å². The lowest BCUT2D eigenvalue weighted by atomic mass is 10.1. The summed E-state index contributed by atoms with van der Waals surface area (Å²) in [6.07, 6.45) is 1.22. The van der Waals surface area contributed by atoms with Gasteiger partial charge >= 0.3 is 0 Å². The van der Waals surface area contributed by atoms with E-state index in [1.165, 1.54) is 6.42 Å². The maximum atomic E-state index is 9.39. The van der Waals surface area contributed by atoms with Gasteiger partial charge in [0, 0.05) is 39.3 Å². The van der Waals surface area contributed by atoms with Crippen LogP contribution in [0.15, 0.2) is 29.3 Å². The normalized spacial score (nSPS) is 22.4. The number of hydrogen-bond donors (Lipinski definition) is 2. The van der Waals surface area contributed by atoms with E-state index in [0.717, 1.165) is 64.0 Å². The summed E-state index contributed by atoms with van der Waals surface area (Å²) < 4.78 is 5.44. The molecule has 2 aliphatic heterocycles. The third-order valence-electron chi connectivity index (χ3n) is 4.89. The number of aliphatic imine (C=N–C) groups is 1. The average Bonchev–Trinajstić information content (AvgIpc) is 3.09. The first-order chi connectivity index (χ1) is 12.2. The lowest BCUT2D eigenvalue weighted by molar-refractivity contribution is 0.0315. The van der Waals surface area contributed by atoms with E-state index in [1.54, 1.807) is 12.1 Å². The lowest BCUT2D eigenvalue weighted by Crippen LogP contribution is -2.42. The van der Waals surface area contributed by atoms with Gasteiger partial charge in [0.1, 0.15) is 5.75 Å². The number of nitrogens with one attached hydrogen (secondary N) is 1. The van der Waals surface area contributed by atoms with E-state index >= 15 is 0 Å². The topological polar surface area (TPSA) is 60.3 Å². The Morgan fingerprint density at radius 2 is 2.00 bits per heavy atom. The fraction of sp³-hybridized carbons (Fsp3) is 0.632. The zero-order valence-electron chi connectivity index (χ0n) is 15.2. The van der Waals surface area contributed by atoms with Crippen LogP contribution in [0.3, 0.4) is 0 Å². The Bertz CT molecular complexity index is 555. The van der Waals surface area contributed by atoms with Gasteiger partial charge in [-0.2, -0.15) is 0 Å². The minimum absolute atomic E-state index is 0.296. The Labute approximate surface area is 150 Å². The standard InChI is InChI=1S/C19H30N4O2/c1-2-20-19(21-13-16-3-5-18(24)6-4-16)23-8-7-17(15-23)14-22-9-11-25-12-10-22/h3-6,17,24H,2,7-15H2,1H3,(H,20,21). The lowest BCUT2D eigenvalue weighted by Gasteiger charge is -2.29. The van der Waals surface area contributed by atoms with E-state index in [2.05, 4.69) is 22.0 Å². The highest BCUT2D eigenvalue weighted by Gasteiger charge is 2.27. The second-order valence-corrected chi connectivity index (χ2v) is 6.85. The molecule has 0 aliphatic carbocycles. The zero-order valence-corrected chi connectivity index (χ0v) is 15.2. The van der Waals surface area contributed by atoms with Crippen LogP contribution in [-0.2, 0) is 11.3 Å². The largest absolute Gasteiger partial charge is 0.508 e. The van der Waals surface area contributed by atoms with Crippen molar-refractivity contribution in [3.8, 4) is 5.75 Å². The molecule has 2 aliphatic rings. The quantitative estimate of drug-likeness (QED) is 0.625. The highest BCUT2D eigenvalue weighted by molar-refractivity contribution is 5.80. The number of hydrogen-bond acceptors (Lipinski definition) is 4. The van der Waals surface area contributed by atoms with Gasteiger partial charge in [0.15, 0.2) is 5.96 Å². The molecule has 0 amide bonds. The molecule has 1 atom stereocenters. The monoisotopic (exact) mass is 346 g/mol. The van der Waals surface area contributed by atoms with Gasteiger partial charge in [0.2, 0.25) is 0 Å². The molecule has 2 heterocycles. The molecule has 2 fully saturated rings. The molecular weight excluding hydrogens is 316 g/mol. The van der Waals surface area contributed by atoms with Crippen molar-refractivity contribution in [2.75, 3.05) is 52.5 Å². The van der Waals surface area contributed by atoms with Gasteiger partial charge in [-0.25, -0.2) is 4.99 Å². The molecule has 3 rings (SSSR count). The van der Waals surface area contributed by atoms with Crippen molar-refractivity contribution in [1.29, 1.82) is 0 Å². The van der Waals surface area contributed by atoms with Gasteiger partial charge in [-0.1, -0.05) is 12.1 Å². The van der Waals surface area contributed by atoms with E-state index in [-0.39, 0.29) is 0 Å². The molecule has 25 heavy (non-hydrogen) atoms. The van der Waals surface area contributed by atoms with E-state index < -0.39 is 0 Å². The molecule has 2 saturated heterocycles. The first-order valence-corrected chi connectivity index (χ1v) is 9.36. The third-order valence-corrected chi connectivity index (χ3v) is 4.89. The smallest absolute Gasteiger partial charge is 0.194 e. The Balaban J connectivity index is 1.54. The Kier molecular flexibility index (Phi) is 6.53. The second-order valence-electron chi connectivity index (χ2n) is 6.85. The number of ether oxygens (including phenoxy) is 1. The molecule has 0 saturated carbocycles. The number of likely N-dealkylation sites (tertiary alicyclic amines) is 1. The predicted octanol–water partition coefficient (Wildman–Crippen LogP) is 1.51. The molecule has 0 bridgehead atoms. The fourth-order valence-corrected chi connectivity index (χ4v) is 3.52. The number of guanidine groups is 1. The summed E-state index contributed by atoms with van der Waals surface area (Å²) in [4.78, 5) is 9.70. The van der Waals surface area contributed by atoms with Crippen molar-refractivity contribution >= 4 is 5.96 Å². The van der Waals surface area contributed by atoms with Crippen LogP contribution in [0.1, 0.15) is 18.9 Å². The SMILES string of the molecule is CCNC(=NCc1ccc(O)cc1)N1CCC(CN2CCOCC2)C1. The van der Waals surface area contributed by atoms with E-state index in [4.69, 9.17) is 9.73 Å². The molecule has 1 aromatic rings. The summed E-state index contributed by atoms with van der Waals surface area (Å²) in [7, 11) is 0. The van der Waals surface area contributed by atoms with Crippen molar-refractivity contribution < 1.29 is 9.84 Å². The maximum absolute atomic E-state index is 9.39. The number of benzene rings is 1. The third kappa shape index (κ3) is 5.34. The van der Waals surface area contributed by atoms with Crippen molar-refractivity contribution in [2.24, 2.45) is 10.9 Å². The first-order valence-electron chi connectivity index (χ1n) is 9.36. The number of aromatic hydroxyl groups is 1. The molecule has 138 valence electrons. The Morgan fingerprint density at radius 3 is 2.72 bits per heavy atom. The van der Waals surface area contributed by atoms with Gasteiger partial charge in [-0.3, -0.25) is 4.90 Å². The molecule has 1 aromatic carbocycles. The number of rotatable bonds is 5. The van der Waals surface area contributed by atoms with Crippen molar-refractivity contribution in [3.05, 3.63) is 29.8 Å². The van der Waals surface area contributed by atoms with Gasteiger partial charge in [0.25, 0.3) is 0 Å². The fourth-order valence-electron chi connectivity index (χ4n) is 3.52. The minimum Gasteiger partial charge on any atom is -0.508 e. The van der Waals surface area contributed by atoms with Gasteiger partial charge < -0.3 is 20.1 Å². The van der Waals surface area contributed by atoms with Crippen LogP contribution in [-0.4, -0.2) is 73.3 Å². The Hall–Kier alpha value is -1.79. The highest BCUT2D eigenvalue weighted by Crippen LogP contribution is 2.19. The van der Waals surface area contributed by atoms with Gasteiger partial charge in [0.05, 0.1) is 19.8 Å². The summed E-state index contributed by atoms with van der Waals surface area (Å²) >= 11 is 0. The summed E-state index contributed by atoms with van der Waals surface area (Å²) in [5.41, 5.74) is 1.11. The molecule has 1 unspecified atom stereocenters. The molecule has 6 heteroatoms. The molecule has 6 nitrogen and oxygen atoms in total. The van der Waals surface area contributed by atoms with Crippen LogP contribution in [0.5, 0.6) is 5.75 Å². The van der Waals surface area contributed by atoms with Crippen molar-refractivity contribution in [3.63, 3.8) is 0 Å². The van der Waals surface area contributed by atoms with E-state index in [9.17, 15) is 5.11 Å². The zero-order chi connectivity index (χ0) is 17.5. The van der Waals surface area contributed by atoms with E-state index in [1.807, 2.05) is 12.1 Å². The summed E-state index contributed by atoms with van der Waals surface area (Å²) in [5.74, 6) is 2.00. The highest BCUT2D eigenvalue weighted by atomic mass is 16.5. The maximum Gasteiger partial charge on any atom is 0.194 e. The van der Waals surface area contributed by atoms with E-state index in [0.29, 0.717) is 18.2 Å². The van der Waals surface area contributed by atoms with Gasteiger partial charge in [-0.05, 0) is 37.0 Å². The first kappa shape index (κ1) is 18.0. The van der Waals surface area contributed by atoms with Crippen LogP contribution in [0.4, 0.5) is 0 Å². The minimum atomic E-state index is 0.296. The molecule has 2 N–H and O–H groups in total. The average molecular weight is 346 g/mol. The van der Waals surface area contributed by atoms with Crippen LogP contribution >= 0.6 is 0 Å². The van der Waals surface area contributed by atoms with Crippen LogP contribution in [0.2, 0.25) is 0 Å². The number of morpholine rings is 1. The Morgan fingerprint density at radius 1 is 1.24 bits per heavy atom. The van der Waals surface area contributed by atoms with Crippen LogP contribution < -0.4 is 5.32 Å².